The standard InChI is InChI=1S/C27H42N6O3S2/c1-18(2)26-30-29-19(3)33(26)23-16-21-7-8-22(17-23)32(21)14-11-24(25-6-5-15-37-25)28-27(34)20-9-12-31(13-10-20)38(4,35)36/h5-6,15,18,20-24H,7-14,16-17H2,1-4H3,(H,28,34)/t21-,22+,23-,24-/m0/s1. The molecule has 0 radical (unpaired) electrons. The molecule has 9 nitrogen and oxygen atoms in total. The summed E-state index contributed by atoms with van der Waals surface area (Å²) in [6, 6.07) is 5.72. The van der Waals surface area contributed by atoms with Crippen LogP contribution in [0.2, 0.25) is 0 Å². The number of carbonyl (C=O) groups is 1. The van der Waals surface area contributed by atoms with Gasteiger partial charge in [0.2, 0.25) is 15.9 Å². The van der Waals surface area contributed by atoms with E-state index < -0.39 is 10.0 Å². The molecule has 38 heavy (non-hydrogen) atoms. The number of piperidine rings is 2. The van der Waals surface area contributed by atoms with Gasteiger partial charge in [-0.15, -0.1) is 21.5 Å². The summed E-state index contributed by atoms with van der Waals surface area (Å²) in [6.07, 6.45) is 8.00. The topological polar surface area (TPSA) is 100 Å². The van der Waals surface area contributed by atoms with Crippen molar-refractivity contribution >= 4 is 27.3 Å². The van der Waals surface area contributed by atoms with Crippen LogP contribution in [0.4, 0.5) is 0 Å². The molecule has 1 N–H and O–H groups in total. The molecule has 5 heterocycles. The third kappa shape index (κ3) is 5.85. The molecular formula is C27H42N6O3S2. The zero-order valence-corrected chi connectivity index (χ0v) is 24.7. The second-order valence-electron chi connectivity index (χ2n) is 11.7. The van der Waals surface area contributed by atoms with Crippen LogP contribution < -0.4 is 5.32 Å². The van der Waals surface area contributed by atoms with E-state index in [2.05, 4.69) is 57.2 Å². The van der Waals surface area contributed by atoms with Gasteiger partial charge in [0.25, 0.3) is 0 Å². The Labute approximate surface area is 231 Å². The van der Waals surface area contributed by atoms with Gasteiger partial charge >= 0.3 is 0 Å². The number of amides is 1. The summed E-state index contributed by atoms with van der Waals surface area (Å²) >= 11 is 1.69. The first-order valence-electron chi connectivity index (χ1n) is 14.1. The highest BCUT2D eigenvalue weighted by Gasteiger charge is 2.42. The van der Waals surface area contributed by atoms with Crippen molar-refractivity contribution < 1.29 is 13.2 Å². The Kier molecular flexibility index (Phi) is 8.28. The normalized spacial score (nSPS) is 26.2. The summed E-state index contributed by atoms with van der Waals surface area (Å²) in [7, 11) is -3.20. The molecule has 4 atom stereocenters. The lowest BCUT2D eigenvalue weighted by molar-refractivity contribution is -0.127. The second-order valence-corrected chi connectivity index (χ2v) is 14.6. The van der Waals surface area contributed by atoms with Crippen molar-refractivity contribution in [2.24, 2.45) is 5.92 Å². The maximum Gasteiger partial charge on any atom is 0.223 e. The molecule has 0 aromatic carbocycles. The Morgan fingerprint density at radius 2 is 1.79 bits per heavy atom. The van der Waals surface area contributed by atoms with Gasteiger partial charge in [-0.1, -0.05) is 19.9 Å². The fourth-order valence-corrected chi connectivity index (χ4v) is 8.53. The van der Waals surface area contributed by atoms with Crippen molar-refractivity contribution in [1.82, 2.24) is 29.3 Å². The SMILES string of the molecule is Cc1nnc(C(C)C)n1[C@@H]1C[C@H]2CC[C@@H](C1)N2CC[C@H](NC(=O)C1CCN(S(C)(=O)=O)CC1)c1cccs1. The highest BCUT2D eigenvalue weighted by Crippen LogP contribution is 2.42. The minimum atomic E-state index is -3.20. The van der Waals surface area contributed by atoms with Crippen LogP contribution in [-0.4, -0.2) is 76.3 Å². The Bertz CT molecular complexity index is 1190. The van der Waals surface area contributed by atoms with E-state index in [9.17, 15) is 13.2 Å². The van der Waals surface area contributed by atoms with E-state index in [1.54, 1.807) is 11.3 Å². The summed E-state index contributed by atoms with van der Waals surface area (Å²) in [6.45, 7) is 8.27. The van der Waals surface area contributed by atoms with Crippen LogP contribution in [-0.2, 0) is 14.8 Å². The molecule has 3 fully saturated rings. The lowest BCUT2D eigenvalue weighted by atomic mass is 9.95. The average molecular weight is 563 g/mol. The number of fused-ring (bicyclic) bond motifs is 2. The van der Waals surface area contributed by atoms with Crippen molar-refractivity contribution in [3.8, 4) is 0 Å². The molecule has 3 aliphatic heterocycles. The maximum atomic E-state index is 13.2. The van der Waals surface area contributed by atoms with Crippen molar-refractivity contribution in [3.05, 3.63) is 34.0 Å². The number of hydrogen-bond acceptors (Lipinski definition) is 7. The number of nitrogens with one attached hydrogen (secondary N) is 1. The van der Waals surface area contributed by atoms with E-state index in [4.69, 9.17) is 0 Å². The van der Waals surface area contributed by atoms with Gasteiger partial charge < -0.3 is 9.88 Å². The van der Waals surface area contributed by atoms with E-state index in [0.29, 0.717) is 50.0 Å². The van der Waals surface area contributed by atoms with Crippen LogP contribution in [0.3, 0.4) is 0 Å². The van der Waals surface area contributed by atoms with E-state index in [1.165, 1.54) is 28.3 Å². The first kappa shape index (κ1) is 27.7. The van der Waals surface area contributed by atoms with E-state index in [1.807, 2.05) is 6.07 Å². The third-order valence-electron chi connectivity index (χ3n) is 8.81. The molecule has 0 spiro atoms. The van der Waals surface area contributed by atoms with Crippen LogP contribution in [0.1, 0.15) is 93.3 Å². The van der Waals surface area contributed by atoms with Crippen LogP contribution >= 0.6 is 11.3 Å². The third-order valence-corrected chi connectivity index (χ3v) is 11.1. The van der Waals surface area contributed by atoms with Crippen molar-refractivity contribution in [3.63, 3.8) is 0 Å². The number of thiophene rings is 1. The molecule has 3 saturated heterocycles. The van der Waals surface area contributed by atoms with Gasteiger partial charge in [-0.05, 0) is 63.3 Å². The minimum absolute atomic E-state index is 0.0137. The molecule has 210 valence electrons. The van der Waals surface area contributed by atoms with Crippen LogP contribution in [0.5, 0.6) is 0 Å². The van der Waals surface area contributed by atoms with Crippen LogP contribution in [0.25, 0.3) is 0 Å². The van der Waals surface area contributed by atoms with Crippen LogP contribution in [0, 0.1) is 12.8 Å². The van der Waals surface area contributed by atoms with Crippen LogP contribution in [0.15, 0.2) is 17.5 Å². The molecule has 5 rings (SSSR count). The van der Waals surface area contributed by atoms with E-state index >= 15 is 0 Å². The lowest BCUT2D eigenvalue weighted by Gasteiger charge is -2.40. The van der Waals surface area contributed by atoms with Crippen molar-refractivity contribution in [2.75, 3.05) is 25.9 Å². The predicted octanol–water partition coefficient (Wildman–Crippen LogP) is 3.86. The maximum absolute atomic E-state index is 13.2. The van der Waals surface area contributed by atoms with Crippen molar-refractivity contribution in [2.45, 2.75) is 95.8 Å². The van der Waals surface area contributed by atoms with Gasteiger partial charge in [0.15, 0.2) is 0 Å². The summed E-state index contributed by atoms with van der Waals surface area (Å²) in [5.74, 6) is 2.41. The number of hydrogen-bond donors (Lipinski definition) is 1. The average Bonchev–Trinajstić information content (AvgIpc) is 3.59. The van der Waals surface area contributed by atoms with Gasteiger partial charge in [-0.3, -0.25) is 9.69 Å². The Hall–Kier alpha value is -1.82. The Balaban J connectivity index is 1.21. The first-order chi connectivity index (χ1) is 18.1. The predicted molar refractivity (Wildman–Crippen MR) is 150 cm³/mol. The van der Waals surface area contributed by atoms with Gasteiger partial charge in [0, 0.05) is 54.5 Å². The zero-order valence-electron chi connectivity index (χ0n) is 23.0. The minimum Gasteiger partial charge on any atom is -0.348 e. The number of aryl methyl sites for hydroxylation is 1. The molecule has 0 saturated carbocycles. The lowest BCUT2D eigenvalue weighted by Crippen LogP contribution is -2.46. The highest BCUT2D eigenvalue weighted by atomic mass is 32.2. The van der Waals surface area contributed by atoms with E-state index in [-0.39, 0.29) is 17.9 Å². The zero-order chi connectivity index (χ0) is 27.0. The summed E-state index contributed by atoms with van der Waals surface area (Å²) in [5.41, 5.74) is 0. The first-order valence-corrected chi connectivity index (χ1v) is 16.8. The van der Waals surface area contributed by atoms with Gasteiger partial charge in [-0.2, -0.15) is 0 Å². The number of aromatic nitrogens is 3. The highest BCUT2D eigenvalue weighted by molar-refractivity contribution is 7.88. The quantitative estimate of drug-likeness (QED) is 0.498. The van der Waals surface area contributed by atoms with Gasteiger partial charge in [0.05, 0.1) is 12.3 Å². The summed E-state index contributed by atoms with van der Waals surface area (Å²) in [4.78, 5) is 17.1. The summed E-state index contributed by atoms with van der Waals surface area (Å²) in [5, 5.41) is 14.3. The molecule has 2 aromatic heterocycles. The molecular weight excluding hydrogens is 520 g/mol. The molecule has 2 aromatic rings. The van der Waals surface area contributed by atoms with Gasteiger partial charge in [-0.25, -0.2) is 12.7 Å². The molecule has 0 unspecified atom stereocenters. The molecule has 3 aliphatic rings. The smallest absolute Gasteiger partial charge is 0.223 e. The summed E-state index contributed by atoms with van der Waals surface area (Å²) < 4.78 is 27.6. The molecule has 11 heteroatoms. The number of nitrogens with zero attached hydrogens (tertiary/aromatic N) is 5. The largest absolute Gasteiger partial charge is 0.348 e. The van der Waals surface area contributed by atoms with E-state index in [0.717, 1.165) is 37.5 Å². The monoisotopic (exact) mass is 562 g/mol. The Morgan fingerprint density at radius 3 is 2.37 bits per heavy atom. The molecule has 1 amide bonds. The fraction of sp³-hybridized carbons (Fsp3) is 0.741. The number of carbonyl (C=O) groups excluding carboxylic acids is 1. The molecule has 0 aliphatic carbocycles. The fourth-order valence-electron chi connectivity index (χ4n) is 6.84. The second kappa shape index (κ2) is 11.3. The molecule has 2 bridgehead atoms. The van der Waals surface area contributed by atoms with Crippen molar-refractivity contribution in [1.29, 1.82) is 0 Å². The Morgan fingerprint density at radius 1 is 1.11 bits per heavy atom. The van der Waals surface area contributed by atoms with Gasteiger partial charge in [0.1, 0.15) is 11.6 Å². The number of rotatable bonds is 9. The number of sulfonamides is 1.